The van der Waals surface area contributed by atoms with E-state index in [-0.39, 0.29) is 16.1 Å². The first-order chi connectivity index (χ1) is 22.1. The maximum Gasteiger partial charge on any atom is 0.441 e. The van der Waals surface area contributed by atoms with E-state index in [9.17, 15) is 62.3 Å². The molecule has 0 saturated carbocycles. The highest BCUT2D eigenvalue weighted by atomic mass is 35.5. The first-order valence-corrected chi connectivity index (χ1v) is 14.2. The molecule has 1 aromatic heterocycles. The number of benzene rings is 2. The third-order valence-electron chi connectivity index (χ3n) is 6.57. The number of hydrogen-bond acceptors (Lipinski definition) is 3. The van der Waals surface area contributed by atoms with Gasteiger partial charge >= 0.3 is 36.0 Å². The summed E-state index contributed by atoms with van der Waals surface area (Å²) in [6.45, 7) is 1.34. The van der Waals surface area contributed by atoms with Crippen LogP contribution >= 0.6 is 46.4 Å². The summed E-state index contributed by atoms with van der Waals surface area (Å²) in [6.07, 6.45) is -27.2. The molecule has 2 amide bonds. The zero-order valence-electron chi connectivity index (χ0n) is 23.9. The Bertz CT molecular complexity index is 1820. The molecule has 0 aliphatic heterocycles. The van der Waals surface area contributed by atoms with Crippen LogP contribution in [-0.2, 0) is 5.66 Å². The van der Waals surface area contributed by atoms with Crippen molar-refractivity contribution in [3.05, 3.63) is 96.5 Å². The number of carbonyl (C=O) groups excluding carboxylic acids is 2. The largest absolute Gasteiger partial charge is 0.441 e. The van der Waals surface area contributed by atoms with Crippen LogP contribution in [0.3, 0.4) is 0 Å². The predicted molar refractivity (Wildman–Crippen MR) is 152 cm³/mol. The minimum absolute atomic E-state index is 0.00824. The summed E-state index contributed by atoms with van der Waals surface area (Å²) in [5.41, 5.74) is -18.0. The molecule has 0 spiro atoms. The molecule has 6 nitrogen and oxygen atoms in total. The lowest BCUT2D eigenvalue weighted by Gasteiger charge is -2.41. The highest BCUT2D eigenvalue weighted by molar-refractivity contribution is 6.37. The first-order valence-electron chi connectivity index (χ1n) is 12.7. The van der Waals surface area contributed by atoms with Gasteiger partial charge in [0.1, 0.15) is 5.49 Å². The SMILES string of the molecule is Cc1cc(C)n(C(NC(=O)c2ccc(Cl)cc2Cl)(C(F)(F)F)C(F)(F)F)c(=NC(NC(=O)c2ccc(Cl)cc2Cl)(C(F)(F)F)C(F)(F)F)c1. The third-order valence-corrected chi connectivity index (χ3v) is 7.67. The van der Waals surface area contributed by atoms with E-state index in [1.165, 1.54) is 0 Å². The maximum absolute atomic E-state index is 14.9. The number of aryl methyl sites for hydroxylation is 2. The highest BCUT2D eigenvalue weighted by Gasteiger charge is 2.76. The number of pyridine rings is 1. The quantitative estimate of drug-likeness (QED) is 0.245. The summed E-state index contributed by atoms with van der Waals surface area (Å²) in [6, 6.07) is 4.88. The van der Waals surface area contributed by atoms with Crippen LogP contribution in [-0.4, -0.2) is 46.7 Å². The van der Waals surface area contributed by atoms with Crippen LogP contribution in [0.2, 0.25) is 20.1 Å². The van der Waals surface area contributed by atoms with Crippen LogP contribution in [0.25, 0.3) is 0 Å². The Morgan fingerprint density at radius 3 is 1.39 bits per heavy atom. The average molecular weight is 798 g/mol. The monoisotopic (exact) mass is 796 g/mol. The maximum atomic E-state index is 14.9. The number of rotatable bonds is 6. The number of amides is 2. The zero-order chi connectivity index (χ0) is 37.7. The number of halogens is 16. The van der Waals surface area contributed by atoms with Gasteiger partial charge in [-0.3, -0.25) is 14.2 Å². The molecule has 2 aromatic carbocycles. The van der Waals surface area contributed by atoms with Crippen molar-refractivity contribution >= 4 is 58.2 Å². The minimum atomic E-state index is -6.81. The van der Waals surface area contributed by atoms with Crippen molar-refractivity contribution in [2.45, 2.75) is 49.9 Å². The van der Waals surface area contributed by atoms with Crippen molar-refractivity contribution in [1.29, 1.82) is 0 Å². The molecule has 0 radical (unpaired) electrons. The summed E-state index contributed by atoms with van der Waals surface area (Å²) < 4.78 is 176. The molecule has 1 heterocycles. The van der Waals surface area contributed by atoms with Crippen molar-refractivity contribution in [3.8, 4) is 0 Å². The van der Waals surface area contributed by atoms with E-state index in [2.05, 4.69) is 4.99 Å². The average Bonchev–Trinajstić information content (AvgIpc) is 2.88. The minimum Gasteiger partial charge on any atom is -0.314 e. The number of hydrogen-bond donors (Lipinski definition) is 2. The highest BCUT2D eigenvalue weighted by Crippen LogP contribution is 2.48. The predicted octanol–water partition coefficient (Wildman–Crippen LogP) is 9.08. The lowest BCUT2D eigenvalue weighted by molar-refractivity contribution is -0.338. The molecule has 0 aliphatic carbocycles. The fourth-order valence-corrected chi connectivity index (χ4v) is 5.44. The molecular formula is C27H16Cl4F12N4O2. The molecule has 2 N–H and O–H groups in total. The fraction of sp³-hybridized carbons (Fsp3) is 0.296. The van der Waals surface area contributed by atoms with Crippen molar-refractivity contribution < 1.29 is 62.3 Å². The molecule has 3 rings (SSSR count). The smallest absolute Gasteiger partial charge is 0.314 e. The third kappa shape index (κ3) is 7.56. The lowest BCUT2D eigenvalue weighted by atomic mass is 10.0. The van der Waals surface area contributed by atoms with E-state index >= 15 is 0 Å². The van der Waals surface area contributed by atoms with Crippen molar-refractivity contribution in [3.63, 3.8) is 0 Å². The molecule has 0 bridgehead atoms. The first kappa shape index (κ1) is 40.1. The van der Waals surface area contributed by atoms with Crippen LogP contribution in [0, 0.1) is 13.8 Å². The van der Waals surface area contributed by atoms with E-state index in [0.717, 1.165) is 31.2 Å². The lowest BCUT2D eigenvalue weighted by Crippen LogP contribution is -2.72. The number of carbonyl (C=O) groups is 2. The Hall–Kier alpha value is -3.35. The summed E-state index contributed by atoms with van der Waals surface area (Å²) >= 11 is 22.8. The summed E-state index contributed by atoms with van der Waals surface area (Å²) in [5, 5.41) is -0.830. The molecule has 0 unspecified atom stereocenters. The Kier molecular flexibility index (Phi) is 11.0. The molecule has 49 heavy (non-hydrogen) atoms. The van der Waals surface area contributed by atoms with Gasteiger partial charge in [-0.05, 0) is 67.9 Å². The number of nitrogens with zero attached hydrogens (tertiary/aromatic N) is 2. The second-order valence-corrected chi connectivity index (χ2v) is 11.7. The Labute approximate surface area is 286 Å². The topological polar surface area (TPSA) is 75.5 Å². The van der Waals surface area contributed by atoms with Gasteiger partial charge in [0.2, 0.25) is 0 Å². The molecule has 0 aliphatic rings. The van der Waals surface area contributed by atoms with Crippen LogP contribution in [0.1, 0.15) is 32.0 Å². The molecule has 22 heteroatoms. The van der Waals surface area contributed by atoms with Crippen LogP contribution < -0.4 is 16.1 Å². The van der Waals surface area contributed by atoms with Gasteiger partial charge in [0, 0.05) is 15.7 Å². The van der Waals surface area contributed by atoms with E-state index < -0.39 is 90.3 Å². The van der Waals surface area contributed by atoms with Gasteiger partial charge in [-0.2, -0.15) is 52.7 Å². The van der Waals surface area contributed by atoms with Crippen molar-refractivity contribution in [2.24, 2.45) is 4.99 Å². The van der Waals surface area contributed by atoms with Crippen LogP contribution in [0.5, 0.6) is 0 Å². The van der Waals surface area contributed by atoms with Crippen molar-refractivity contribution in [2.75, 3.05) is 0 Å². The van der Waals surface area contributed by atoms with Crippen molar-refractivity contribution in [1.82, 2.24) is 15.2 Å². The fourth-order valence-electron chi connectivity index (χ4n) is 4.45. The van der Waals surface area contributed by atoms with Gasteiger partial charge in [0.25, 0.3) is 11.8 Å². The molecule has 3 aromatic rings. The molecule has 0 saturated heterocycles. The zero-order valence-corrected chi connectivity index (χ0v) is 26.9. The summed E-state index contributed by atoms with van der Waals surface area (Å²) in [7, 11) is 0. The van der Waals surface area contributed by atoms with E-state index in [0.29, 0.717) is 35.8 Å². The summed E-state index contributed by atoms with van der Waals surface area (Å²) in [5.74, 6) is -4.50. The van der Waals surface area contributed by atoms with Gasteiger partial charge in [-0.15, -0.1) is 0 Å². The standard InChI is InChI=1S/C27H16Cl4F12N4O2/c1-11-7-12(2)47(23(26(38,39)40,27(41,42)43)46-21(49)16-6-4-14(29)10-18(16)31)19(8-11)44-22(24(32,33)34,25(35,36)37)45-20(48)15-5-3-13(28)9-17(15)30/h3-10H,1-2H3,(H,45,48)(H,46,49). The summed E-state index contributed by atoms with van der Waals surface area (Å²) in [4.78, 5) is 28.2. The van der Waals surface area contributed by atoms with Gasteiger partial charge in [0.15, 0.2) is 0 Å². The Balaban J connectivity index is 2.55. The Morgan fingerprint density at radius 2 is 1.02 bits per heavy atom. The van der Waals surface area contributed by atoms with Crippen LogP contribution in [0.15, 0.2) is 53.5 Å². The van der Waals surface area contributed by atoms with Gasteiger partial charge in [-0.25, -0.2) is 4.99 Å². The van der Waals surface area contributed by atoms with Crippen LogP contribution in [0.4, 0.5) is 52.7 Å². The van der Waals surface area contributed by atoms with E-state index in [1.54, 1.807) is 0 Å². The van der Waals surface area contributed by atoms with E-state index in [4.69, 9.17) is 46.4 Å². The second kappa shape index (κ2) is 13.4. The normalized spacial score (nSPS) is 13.8. The van der Waals surface area contributed by atoms with Gasteiger partial charge < -0.3 is 10.6 Å². The van der Waals surface area contributed by atoms with E-state index in [1.807, 2.05) is 0 Å². The Morgan fingerprint density at radius 1 is 0.612 bits per heavy atom. The number of nitrogens with one attached hydrogen (secondary N) is 2. The molecule has 0 atom stereocenters. The number of aromatic nitrogens is 1. The van der Waals surface area contributed by atoms with Gasteiger partial charge in [0.05, 0.1) is 21.2 Å². The molecule has 268 valence electrons. The number of alkyl halides is 12. The van der Waals surface area contributed by atoms with Gasteiger partial charge in [-0.1, -0.05) is 46.4 Å². The second-order valence-electron chi connectivity index (χ2n) is 10.0. The molecule has 0 fully saturated rings. The molecular weight excluding hydrogens is 782 g/mol.